The summed E-state index contributed by atoms with van der Waals surface area (Å²) in [5, 5.41) is 3.07. The van der Waals surface area contributed by atoms with Crippen LogP contribution in [0.3, 0.4) is 0 Å². The maximum Gasteiger partial charge on any atom is 0.147 e. The van der Waals surface area contributed by atoms with Gasteiger partial charge in [0.1, 0.15) is 5.78 Å². The predicted molar refractivity (Wildman–Crippen MR) is 34.9 cm³/mol. The van der Waals surface area contributed by atoms with Gasteiger partial charge in [0, 0.05) is 11.6 Å². The molecule has 2 nitrogen and oxygen atoms in total. The number of carbonyl (C=O) groups is 1. The molecule has 0 aromatic carbocycles. The van der Waals surface area contributed by atoms with Crippen molar-refractivity contribution in [1.82, 2.24) is 5.32 Å². The van der Waals surface area contributed by atoms with Crippen LogP contribution in [0.15, 0.2) is 0 Å². The van der Waals surface area contributed by atoms with Gasteiger partial charge in [0.15, 0.2) is 0 Å². The molecule has 1 aliphatic rings. The third-order valence-corrected chi connectivity index (χ3v) is 2.15. The van der Waals surface area contributed by atoms with Crippen LogP contribution in [0.2, 0.25) is 0 Å². The molecule has 8 heavy (non-hydrogen) atoms. The van der Waals surface area contributed by atoms with E-state index in [9.17, 15) is 4.79 Å². The molecule has 0 saturated carbocycles. The number of hydrogen-bond donors (Lipinski definition) is 1. The summed E-state index contributed by atoms with van der Waals surface area (Å²) in [5.41, 5.74) is 0. The minimum atomic E-state index is 0.139. The van der Waals surface area contributed by atoms with E-state index in [1.54, 1.807) is 18.7 Å². The van der Waals surface area contributed by atoms with Crippen LogP contribution >= 0.6 is 11.8 Å². The number of Topliss-reactive ketones (excluding diaryl/α,β-unsaturated/α-hetero) is 1. The highest BCUT2D eigenvalue weighted by Crippen LogP contribution is 2.09. The van der Waals surface area contributed by atoms with Crippen molar-refractivity contribution in [1.29, 1.82) is 0 Å². The second-order valence-electron chi connectivity index (χ2n) is 1.88. The molecule has 1 atom stereocenters. The number of thioether (sulfide) groups is 1. The van der Waals surface area contributed by atoms with Crippen molar-refractivity contribution in [2.45, 2.75) is 13.0 Å². The largest absolute Gasteiger partial charge is 0.298 e. The van der Waals surface area contributed by atoms with E-state index in [2.05, 4.69) is 5.32 Å². The molecule has 0 unspecified atom stereocenters. The van der Waals surface area contributed by atoms with Crippen LogP contribution in [-0.2, 0) is 4.79 Å². The summed E-state index contributed by atoms with van der Waals surface area (Å²) in [6.07, 6.45) is 0. The van der Waals surface area contributed by atoms with E-state index in [0.717, 1.165) is 11.6 Å². The molecule has 0 aromatic heterocycles. The number of rotatable bonds is 1. The lowest BCUT2D eigenvalue weighted by Crippen LogP contribution is -2.30. The minimum absolute atomic E-state index is 0.139. The number of ketones is 1. The van der Waals surface area contributed by atoms with Crippen LogP contribution in [0, 0.1) is 0 Å². The van der Waals surface area contributed by atoms with Gasteiger partial charge in [0.25, 0.3) is 0 Å². The lowest BCUT2D eigenvalue weighted by Gasteiger charge is -2.00. The highest BCUT2D eigenvalue weighted by molar-refractivity contribution is 7.99. The Morgan fingerprint density at radius 2 is 2.62 bits per heavy atom. The summed E-state index contributed by atoms with van der Waals surface area (Å²) in [6.45, 7) is 1.63. The van der Waals surface area contributed by atoms with E-state index in [1.807, 2.05) is 0 Å². The molecule has 46 valence electrons. The molecule has 0 aromatic rings. The predicted octanol–water partition coefficient (Wildman–Crippen LogP) is 0.238. The van der Waals surface area contributed by atoms with Crippen molar-refractivity contribution in [3.63, 3.8) is 0 Å². The summed E-state index contributed by atoms with van der Waals surface area (Å²) in [4.78, 5) is 10.6. The van der Waals surface area contributed by atoms with Gasteiger partial charge < -0.3 is 0 Å². The van der Waals surface area contributed by atoms with Crippen LogP contribution in [0.4, 0.5) is 0 Å². The Balaban J connectivity index is 2.35. The van der Waals surface area contributed by atoms with Gasteiger partial charge in [-0.2, -0.15) is 0 Å². The van der Waals surface area contributed by atoms with Crippen molar-refractivity contribution >= 4 is 17.5 Å². The molecule has 1 saturated heterocycles. The molecule has 1 fully saturated rings. The Labute approximate surface area is 53.0 Å². The fourth-order valence-corrected chi connectivity index (χ4v) is 1.68. The molecule has 0 aliphatic carbocycles. The Morgan fingerprint density at radius 3 is 2.88 bits per heavy atom. The fraction of sp³-hybridized carbons (Fsp3) is 0.800. The molecule has 0 bridgehead atoms. The van der Waals surface area contributed by atoms with Gasteiger partial charge in [0.05, 0.1) is 6.04 Å². The quantitative estimate of drug-likeness (QED) is 0.552. The number of carbonyl (C=O) groups excluding carboxylic acids is 1. The first-order chi connectivity index (χ1) is 3.80. The van der Waals surface area contributed by atoms with Gasteiger partial charge in [-0.3, -0.25) is 10.1 Å². The van der Waals surface area contributed by atoms with Gasteiger partial charge in [-0.25, -0.2) is 0 Å². The summed E-state index contributed by atoms with van der Waals surface area (Å²) in [5.74, 6) is 2.15. The molecule has 3 heteroatoms. The number of nitrogens with one attached hydrogen (secondary N) is 1. The van der Waals surface area contributed by atoms with Crippen molar-refractivity contribution in [3.05, 3.63) is 0 Å². The normalized spacial score (nSPS) is 28.4. The van der Waals surface area contributed by atoms with Crippen LogP contribution in [0.1, 0.15) is 6.92 Å². The molecule has 0 spiro atoms. The summed E-state index contributed by atoms with van der Waals surface area (Å²) in [6, 6.07) is 0.139. The zero-order valence-corrected chi connectivity index (χ0v) is 5.62. The summed E-state index contributed by atoms with van der Waals surface area (Å²) < 4.78 is 0. The maximum atomic E-state index is 10.6. The smallest absolute Gasteiger partial charge is 0.147 e. The summed E-state index contributed by atoms with van der Waals surface area (Å²) in [7, 11) is 0. The second-order valence-corrected chi connectivity index (χ2v) is 2.91. The van der Waals surface area contributed by atoms with Crippen LogP contribution < -0.4 is 5.32 Å². The van der Waals surface area contributed by atoms with Gasteiger partial charge in [-0.1, -0.05) is 0 Å². The first-order valence-corrected chi connectivity index (χ1v) is 3.78. The topological polar surface area (TPSA) is 29.1 Å². The second kappa shape index (κ2) is 2.51. The molecule has 1 aliphatic heterocycles. The number of hydrogen-bond acceptors (Lipinski definition) is 3. The molecule has 1 N–H and O–H groups in total. The van der Waals surface area contributed by atoms with Crippen molar-refractivity contribution < 1.29 is 4.79 Å². The van der Waals surface area contributed by atoms with Crippen LogP contribution in [0.25, 0.3) is 0 Å². The molecule has 0 amide bonds. The molecular weight excluding hydrogens is 122 g/mol. The first kappa shape index (κ1) is 6.11. The van der Waals surface area contributed by atoms with Gasteiger partial charge in [-0.05, 0) is 6.92 Å². The third kappa shape index (κ3) is 1.23. The van der Waals surface area contributed by atoms with Gasteiger partial charge in [0.2, 0.25) is 0 Å². The monoisotopic (exact) mass is 131 g/mol. The van der Waals surface area contributed by atoms with Crippen LogP contribution in [0.5, 0.6) is 0 Å². The van der Waals surface area contributed by atoms with Crippen molar-refractivity contribution in [2.75, 3.05) is 11.6 Å². The average molecular weight is 131 g/mol. The van der Waals surface area contributed by atoms with E-state index < -0.39 is 0 Å². The molecule has 1 rings (SSSR count). The van der Waals surface area contributed by atoms with Gasteiger partial charge >= 0.3 is 0 Å². The lowest BCUT2D eigenvalue weighted by molar-refractivity contribution is -0.118. The molecular formula is C5H9NOS. The SMILES string of the molecule is CC(=O)[C@@H]1CSCN1. The highest BCUT2D eigenvalue weighted by Gasteiger charge is 2.17. The fourth-order valence-electron chi connectivity index (χ4n) is 0.656. The van der Waals surface area contributed by atoms with Crippen LogP contribution in [-0.4, -0.2) is 23.5 Å². The molecule has 0 radical (unpaired) electrons. The van der Waals surface area contributed by atoms with E-state index >= 15 is 0 Å². The zero-order chi connectivity index (χ0) is 5.98. The Morgan fingerprint density at radius 1 is 1.88 bits per heavy atom. The van der Waals surface area contributed by atoms with Crippen molar-refractivity contribution in [2.24, 2.45) is 0 Å². The average Bonchev–Trinajstić information content (AvgIpc) is 2.12. The Kier molecular flexibility index (Phi) is 1.91. The van der Waals surface area contributed by atoms with Crippen molar-refractivity contribution in [3.8, 4) is 0 Å². The third-order valence-electron chi connectivity index (χ3n) is 1.21. The van der Waals surface area contributed by atoms with E-state index in [0.29, 0.717) is 0 Å². The standard InChI is InChI=1S/C5H9NOS/c1-4(7)5-2-8-3-6-5/h5-6H,2-3H2,1H3/t5-/m0/s1. The van der Waals surface area contributed by atoms with E-state index in [4.69, 9.17) is 0 Å². The van der Waals surface area contributed by atoms with E-state index in [1.165, 1.54) is 0 Å². The minimum Gasteiger partial charge on any atom is -0.298 e. The maximum absolute atomic E-state index is 10.6. The van der Waals surface area contributed by atoms with Gasteiger partial charge in [-0.15, -0.1) is 11.8 Å². The highest BCUT2D eigenvalue weighted by atomic mass is 32.2. The lowest BCUT2D eigenvalue weighted by atomic mass is 10.2. The zero-order valence-electron chi connectivity index (χ0n) is 4.81. The van der Waals surface area contributed by atoms with E-state index in [-0.39, 0.29) is 11.8 Å². The summed E-state index contributed by atoms with van der Waals surface area (Å²) >= 11 is 1.78. The Hall–Kier alpha value is -0.0200. The molecule has 1 heterocycles. The first-order valence-electron chi connectivity index (χ1n) is 2.62. The Bertz CT molecular complexity index is 98.6.